The Balaban J connectivity index is 2.08. The third-order valence-corrected chi connectivity index (χ3v) is 5.05. The van der Waals surface area contributed by atoms with Gasteiger partial charge in [0.05, 0.1) is 16.2 Å². The fraction of sp³-hybridized carbons (Fsp3) is 0.235. The van der Waals surface area contributed by atoms with Crippen LogP contribution in [0.5, 0.6) is 0 Å². The summed E-state index contributed by atoms with van der Waals surface area (Å²) in [6.07, 6.45) is -0.161. The van der Waals surface area contributed by atoms with Crippen LogP contribution in [0.15, 0.2) is 53.4 Å². The van der Waals surface area contributed by atoms with Crippen LogP contribution >= 0.6 is 0 Å². The van der Waals surface area contributed by atoms with Crippen LogP contribution in [-0.4, -0.2) is 25.3 Å². The van der Waals surface area contributed by atoms with Gasteiger partial charge in [-0.1, -0.05) is 18.2 Å². The van der Waals surface area contributed by atoms with E-state index >= 15 is 0 Å². The Morgan fingerprint density at radius 3 is 2.31 bits per heavy atom. The second kappa shape index (κ2) is 8.07. The van der Waals surface area contributed by atoms with E-state index in [9.17, 15) is 23.3 Å². The van der Waals surface area contributed by atoms with E-state index in [1.165, 1.54) is 42.5 Å². The molecule has 2 N–H and O–H groups in total. The molecular weight excluding hydrogens is 358 g/mol. The summed E-state index contributed by atoms with van der Waals surface area (Å²) in [4.78, 5) is 22.6. The van der Waals surface area contributed by atoms with Crippen LogP contribution in [0.3, 0.4) is 0 Å². The van der Waals surface area contributed by atoms with E-state index in [0.29, 0.717) is 11.3 Å². The molecule has 2 aromatic rings. The number of nitro groups is 1. The zero-order valence-corrected chi connectivity index (χ0v) is 15.1. The molecule has 0 atom stereocenters. The number of hydrogen-bond donors (Lipinski definition) is 2. The lowest BCUT2D eigenvalue weighted by atomic mass is 10.1. The molecule has 0 aliphatic carbocycles. The molecule has 9 heteroatoms. The number of hydrogen-bond acceptors (Lipinski definition) is 5. The Hall–Kier alpha value is -2.78. The number of amides is 1. The number of sulfonamides is 1. The Morgan fingerprint density at radius 1 is 1.12 bits per heavy atom. The quantitative estimate of drug-likeness (QED) is 0.567. The zero-order valence-electron chi connectivity index (χ0n) is 14.3. The molecule has 2 rings (SSSR count). The van der Waals surface area contributed by atoms with Gasteiger partial charge in [-0.25, -0.2) is 13.1 Å². The molecule has 0 radical (unpaired) electrons. The zero-order chi connectivity index (χ0) is 19.3. The molecule has 0 heterocycles. The first kappa shape index (κ1) is 19.5. The monoisotopic (exact) mass is 377 g/mol. The average Bonchev–Trinajstić information content (AvgIpc) is 2.54. The van der Waals surface area contributed by atoms with Crippen molar-refractivity contribution in [3.63, 3.8) is 0 Å². The number of benzene rings is 2. The number of nitrogens with one attached hydrogen (secondary N) is 2. The van der Waals surface area contributed by atoms with Crippen molar-refractivity contribution >= 4 is 27.3 Å². The highest BCUT2D eigenvalue weighted by molar-refractivity contribution is 7.89. The molecule has 0 saturated carbocycles. The standard InChI is InChI=1S/C17H19N3O5S/c1-12(2)19-26(24,25)15-9-7-14(8-10-15)18-17(21)11-13-5-3-4-6-16(13)20(22)23/h3-10,12,19H,11H2,1-2H3,(H,18,21). The van der Waals surface area contributed by atoms with Gasteiger partial charge in [-0.15, -0.1) is 0 Å². The van der Waals surface area contributed by atoms with Gasteiger partial charge in [-0.2, -0.15) is 0 Å². The van der Waals surface area contributed by atoms with Crippen LogP contribution in [0.1, 0.15) is 19.4 Å². The van der Waals surface area contributed by atoms with Gasteiger partial charge < -0.3 is 5.32 Å². The van der Waals surface area contributed by atoms with E-state index in [1.807, 2.05) is 0 Å². The summed E-state index contributed by atoms with van der Waals surface area (Å²) in [6.45, 7) is 3.43. The Bertz CT molecular complexity index is 908. The number of carbonyl (C=O) groups is 1. The Morgan fingerprint density at radius 2 is 1.73 bits per heavy atom. The average molecular weight is 377 g/mol. The summed E-state index contributed by atoms with van der Waals surface area (Å²) in [5.74, 6) is -0.435. The first-order valence-electron chi connectivity index (χ1n) is 7.83. The molecule has 0 fully saturated rings. The second-order valence-electron chi connectivity index (χ2n) is 5.91. The Kier molecular flexibility index (Phi) is 6.06. The number of rotatable bonds is 7. The molecule has 0 saturated heterocycles. The number of anilines is 1. The van der Waals surface area contributed by atoms with Crippen molar-refractivity contribution in [2.24, 2.45) is 0 Å². The highest BCUT2D eigenvalue weighted by Crippen LogP contribution is 2.19. The van der Waals surface area contributed by atoms with E-state index in [4.69, 9.17) is 0 Å². The van der Waals surface area contributed by atoms with E-state index in [0.717, 1.165) is 0 Å². The van der Waals surface area contributed by atoms with Gasteiger partial charge in [0.25, 0.3) is 5.69 Å². The van der Waals surface area contributed by atoms with E-state index < -0.39 is 20.9 Å². The molecule has 138 valence electrons. The van der Waals surface area contributed by atoms with Crippen LogP contribution in [0.4, 0.5) is 11.4 Å². The summed E-state index contributed by atoms with van der Waals surface area (Å²) in [5.41, 5.74) is 0.580. The van der Waals surface area contributed by atoms with Crippen molar-refractivity contribution in [2.45, 2.75) is 31.2 Å². The molecule has 0 aliphatic heterocycles. The highest BCUT2D eigenvalue weighted by atomic mass is 32.2. The van der Waals surface area contributed by atoms with Crippen molar-refractivity contribution in [2.75, 3.05) is 5.32 Å². The van der Waals surface area contributed by atoms with Crippen LogP contribution in [0.2, 0.25) is 0 Å². The molecule has 0 spiro atoms. The maximum absolute atomic E-state index is 12.1. The smallest absolute Gasteiger partial charge is 0.273 e. The lowest BCUT2D eigenvalue weighted by Gasteiger charge is -2.10. The van der Waals surface area contributed by atoms with E-state index in [2.05, 4.69) is 10.0 Å². The first-order chi connectivity index (χ1) is 12.2. The molecule has 8 nitrogen and oxygen atoms in total. The van der Waals surface area contributed by atoms with Crippen LogP contribution < -0.4 is 10.0 Å². The van der Waals surface area contributed by atoms with Crippen molar-refractivity contribution in [3.05, 3.63) is 64.2 Å². The molecule has 26 heavy (non-hydrogen) atoms. The maximum atomic E-state index is 12.1. The normalized spacial score (nSPS) is 11.3. The fourth-order valence-corrected chi connectivity index (χ4v) is 3.56. The number of nitrogens with zero attached hydrogens (tertiary/aromatic N) is 1. The van der Waals surface area contributed by atoms with Crippen LogP contribution in [0, 0.1) is 10.1 Å². The van der Waals surface area contributed by atoms with Gasteiger partial charge in [0, 0.05) is 23.4 Å². The number of para-hydroxylation sites is 1. The van der Waals surface area contributed by atoms with E-state index in [-0.39, 0.29) is 23.0 Å². The molecule has 2 aromatic carbocycles. The summed E-state index contributed by atoms with van der Waals surface area (Å²) >= 11 is 0. The minimum absolute atomic E-state index is 0.0860. The summed E-state index contributed by atoms with van der Waals surface area (Å²) in [5, 5.41) is 13.6. The van der Waals surface area contributed by atoms with Gasteiger partial charge >= 0.3 is 0 Å². The molecule has 1 amide bonds. The third-order valence-electron chi connectivity index (χ3n) is 3.38. The number of carbonyl (C=O) groups excluding carboxylic acids is 1. The molecular formula is C17H19N3O5S. The van der Waals surface area contributed by atoms with Gasteiger partial charge in [-0.05, 0) is 38.1 Å². The second-order valence-corrected chi connectivity index (χ2v) is 7.63. The topological polar surface area (TPSA) is 118 Å². The summed E-state index contributed by atoms with van der Waals surface area (Å²) < 4.78 is 26.6. The van der Waals surface area contributed by atoms with Gasteiger partial charge in [0.1, 0.15) is 0 Å². The fourth-order valence-electron chi connectivity index (χ4n) is 2.31. The van der Waals surface area contributed by atoms with E-state index in [1.54, 1.807) is 19.9 Å². The van der Waals surface area contributed by atoms with Gasteiger partial charge in [0.2, 0.25) is 15.9 Å². The SMILES string of the molecule is CC(C)NS(=O)(=O)c1ccc(NC(=O)Cc2ccccc2[N+](=O)[O-])cc1. The largest absolute Gasteiger partial charge is 0.326 e. The molecule has 0 unspecified atom stereocenters. The molecule has 0 bridgehead atoms. The minimum Gasteiger partial charge on any atom is -0.326 e. The van der Waals surface area contributed by atoms with Crippen molar-refractivity contribution in [1.82, 2.24) is 4.72 Å². The predicted molar refractivity (Wildman–Crippen MR) is 97.3 cm³/mol. The molecule has 0 aliphatic rings. The maximum Gasteiger partial charge on any atom is 0.273 e. The third kappa shape index (κ3) is 5.11. The van der Waals surface area contributed by atoms with Crippen LogP contribution in [-0.2, 0) is 21.2 Å². The Labute approximate surface area is 151 Å². The van der Waals surface area contributed by atoms with Crippen LogP contribution in [0.25, 0.3) is 0 Å². The van der Waals surface area contributed by atoms with Gasteiger partial charge in [0.15, 0.2) is 0 Å². The lowest BCUT2D eigenvalue weighted by molar-refractivity contribution is -0.385. The highest BCUT2D eigenvalue weighted by Gasteiger charge is 2.17. The molecule has 0 aromatic heterocycles. The van der Waals surface area contributed by atoms with Crippen molar-refractivity contribution in [1.29, 1.82) is 0 Å². The lowest BCUT2D eigenvalue weighted by Crippen LogP contribution is -2.30. The summed E-state index contributed by atoms with van der Waals surface area (Å²) in [6, 6.07) is 11.5. The van der Waals surface area contributed by atoms with Crippen molar-refractivity contribution < 1.29 is 18.1 Å². The van der Waals surface area contributed by atoms with Crippen molar-refractivity contribution in [3.8, 4) is 0 Å². The number of nitro benzene ring substituents is 1. The summed E-state index contributed by atoms with van der Waals surface area (Å²) in [7, 11) is -3.61. The first-order valence-corrected chi connectivity index (χ1v) is 9.32. The minimum atomic E-state index is -3.61. The van der Waals surface area contributed by atoms with Gasteiger partial charge in [-0.3, -0.25) is 14.9 Å². The predicted octanol–water partition coefficient (Wildman–Crippen LogP) is 2.46.